The molecule has 1 fully saturated rings. The van der Waals surface area contributed by atoms with Crippen molar-refractivity contribution in [2.45, 2.75) is 17.7 Å². The molecule has 1 aliphatic heterocycles. The first-order valence-corrected chi connectivity index (χ1v) is 13.4. The molecule has 0 N–H and O–H groups in total. The Morgan fingerprint density at radius 3 is 2.75 bits per heavy atom. The van der Waals surface area contributed by atoms with Crippen LogP contribution in [0.3, 0.4) is 0 Å². The largest absolute Gasteiger partial charge is 0.464 e. The molecule has 0 bridgehead atoms. The topological polar surface area (TPSA) is 49.6 Å². The molecular weight excluding hydrogens is 506 g/mol. The van der Waals surface area contributed by atoms with Crippen molar-refractivity contribution < 1.29 is 9.21 Å². The van der Waals surface area contributed by atoms with Crippen molar-refractivity contribution in [2.24, 2.45) is 0 Å². The molecule has 0 saturated carbocycles. The van der Waals surface area contributed by atoms with Crippen LogP contribution >= 0.6 is 39.5 Å². The molecule has 168 valence electrons. The zero-order chi connectivity index (χ0) is 22.5. The summed E-state index contributed by atoms with van der Waals surface area (Å²) < 4.78 is 6.94. The fourth-order valence-electron chi connectivity index (χ4n) is 3.68. The molecule has 5 nitrogen and oxygen atoms in total. The van der Waals surface area contributed by atoms with Crippen molar-refractivity contribution in [1.82, 2.24) is 14.8 Å². The molecule has 3 aromatic rings. The summed E-state index contributed by atoms with van der Waals surface area (Å²) in [6.45, 7) is 1.51. The number of nitrogens with zero attached hydrogens (tertiary/aromatic N) is 3. The molecule has 1 atom stereocenters. The number of halogens is 1. The van der Waals surface area contributed by atoms with E-state index >= 15 is 0 Å². The van der Waals surface area contributed by atoms with Crippen LogP contribution in [0, 0.1) is 0 Å². The number of thioether (sulfide) groups is 2. The Bertz CT molecular complexity index is 1060. The lowest BCUT2D eigenvalue weighted by Gasteiger charge is -2.25. The van der Waals surface area contributed by atoms with Crippen molar-refractivity contribution in [3.63, 3.8) is 0 Å². The molecule has 0 spiro atoms. The normalized spacial score (nSPS) is 16.3. The van der Waals surface area contributed by atoms with E-state index in [2.05, 4.69) is 37.9 Å². The first-order chi connectivity index (χ1) is 15.5. The molecule has 1 aliphatic rings. The fraction of sp³-hybridized carbons (Fsp3) is 0.333. The SMILES string of the molecule is CN(C)Cc1ccc(CSCCN2C(=O)CSC2c2cnccc2-c2ccc(Br)cc2)o1. The Balaban J connectivity index is 1.40. The van der Waals surface area contributed by atoms with Gasteiger partial charge in [-0.1, -0.05) is 28.1 Å². The van der Waals surface area contributed by atoms with E-state index in [0.717, 1.165) is 50.7 Å². The summed E-state index contributed by atoms with van der Waals surface area (Å²) in [6.07, 6.45) is 3.72. The number of hydrogen-bond donors (Lipinski definition) is 0. The van der Waals surface area contributed by atoms with Crippen LogP contribution < -0.4 is 0 Å². The number of hydrogen-bond acceptors (Lipinski definition) is 6. The molecule has 1 unspecified atom stereocenters. The summed E-state index contributed by atoms with van der Waals surface area (Å²) in [6, 6.07) is 14.4. The Hall–Kier alpha value is -1.74. The highest BCUT2D eigenvalue weighted by molar-refractivity contribution is 9.10. The van der Waals surface area contributed by atoms with Gasteiger partial charge in [0.25, 0.3) is 0 Å². The first kappa shape index (κ1) is 23.4. The number of amides is 1. The van der Waals surface area contributed by atoms with Crippen molar-refractivity contribution in [1.29, 1.82) is 0 Å². The lowest BCUT2D eigenvalue weighted by Crippen LogP contribution is -2.30. The van der Waals surface area contributed by atoms with Crippen LogP contribution in [0.2, 0.25) is 0 Å². The molecule has 4 rings (SSSR count). The monoisotopic (exact) mass is 531 g/mol. The molecular formula is C24H26BrN3O2S2. The zero-order valence-corrected chi connectivity index (χ0v) is 21.4. The van der Waals surface area contributed by atoms with Gasteiger partial charge in [-0.2, -0.15) is 11.8 Å². The first-order valence-electron chi connectivity index (χ1n) is 10.4. The predicted molar refractivity (Wildman–Crippen MR) is 137 cm³/mol. The maximum Gasteiger partial charge on any atom is 0.233 e. The molecule has 3 heterocycles. The highest BCUT2D eigenvalue weighted by atomic mass is 79.9. The lowest BCUT2D eigenvalue weighted by atomic mass is 10.0. The third-order valence-electron chi connectivity index (χ3n) is 5.15. The average Bonchev–Trinajstić information content (AvgIpc) is 3.37. The number of aromatic nitrogens is 1. The number of benzene rings is 1. The molecule has 2 aromatic heterocycles. The zero-order valence-electron chi connectivity index (χ0n) is 18.2. The minimum atomic E-state index is -0.00856. The van der Waals surface area contributed by atoms with Crippen molar-refractivity contribution in [2.75, 3.05) is 32.1 Å². The summed E-state index contributed by atoms with van der Waals surface area (Å²) in [5.41, 5.74) is 3.35. The van der Waals surface area contributed by atoms with Crippen molar-refractivity contribution >= 4 is 45.4 Å². The van der Waals surface area contributed by atoms with E-state index in [9.17, 15) is 4.79 Å². The van der Waals surface area contributed by atoms with E-state index in [0.29, 0.717) is 12.3 Å². The number of carbonyl (C=O) groups excluding carboxylic acids is 1. The third-order valence-corrected chi connectivity index (χ3v) is 7.88. The Kier molecular flexibility index (Phi) is 7.99. The Morgan fingerprint density at radius 2 is 1.97 bits per heavy atom. The van der Waals surface area contributed by atoms with E-state index < -0.39 is 0 Å². The van der Waals surface area contributed by atoms with Gasteiger partial charge in [0.1, 0.15) is 16.9 Å². The van der Waals surface area contributed by atoms with Crippen molar-refractivity contribution in [3.05, 3.63) is 76.4 Å². The highest BCUT2D eigenvalue weighted by Gasteiger charge is 2.34. The van der Waals surface area contributed by atoms with Gasteiger partial charge in [-0.15, -0.1) is 11.8 Å². The second-order valence-electron chi connectivity index (χ2n) is 7.88. The number of furan rings is 1. The van der Waals surface area contributed by atoms with Gasteiger partial charge >= 0.3 is 0 Å². The maximum atomic E-state index is 12.7. The molecule has 8 heteroatoms. The van der Waals surface area contributed by atoms with Gasteiger partial charge in [-0.25, -0.2) is 0 Å². The average molecular weight is 533 g/mol. The van der Waals surface area contributed by atoms with Gasteiger partial charge in [0.15, 0.2) is 0 Å². The van der Waals surface area contributed by atoms with Gasteiger partial charge in [-0.05, 0) is 55.6 Å². The maximum absolute atomic E-state index is 12.7. The molecule has 1 aromatic carbocycles. The summed E-state index contributed by atoms with van der Waals surface area (Å²) in [5, 5.41) is -0.00856. The van der Waals surface area contributed by atoms with E-state index in [1.165, 1.54) is 0 Å². The van der Waals surface area contributed by atoms with Gasteiger partial charge in [0.05, 0.1) is 18.1 Å². The molecule has 0 aliphatic carbocycles. The predicted octanol–water partition coefficient (Wildman–Crippen LogP) is 5.67. The standard InChI is InChI=1S/C24H26BrN3O2S2/c1-27(2)14-19-7-8-20(30-19)15-31-12-11-28-23(29)16-32-24(28)22-13-26-10-9-21(22)17-3-5-18(25)6-4-17/h3-10,13,24H,11-12,14-16H2,1-2H3. The Morgan fingerprint density at radius 1 is 1.19 bits per heavy atom. The van der Waals surface area contributed by atoms with Gasteiger partial charge < -0.3 is 14.2 Å². The number of carbonyl (C=O) groups is 1. The molecule has 1 saturated heterocycles. The second-order valence-corrected chi connectivity index (χ2v) is 11.0. The highest BCUT2D eigenvalue weighted by Crippen LogP contribution is 2.42. The van der Waals surface area contributed by atoms with Crippen LogP contribution in [0.5, 0.6) is 0 Å². The minimum Gasteiger partial charge on any atom is -0.464 e. The minimum absolute atomic E-state index is 0.00856. The summed E-state index contributed by atoms with van der Waals surface area (Å²) in [5.74, 6) is 4.34. The second kappa shape index (κ2) is 10.9. The van der Waals surface area contributed by atoms with Crippen LogP contribution in [-0.4, -0.2) is 52.8 Å². The van der Waals surface area contributed by atoms with Gasteiger partial charge in [-0.3, -0.25) is 9.78 Å². The molecule has 32 heavy (non-hydrogen) atoms. The van der Waals surface area contributed by atoms with Crippen LogP contribution in [-0.2, 0) is 17.1 Å². The van der Waals surface area contributed by atoms with Gasteiger partial charge in [0, 0.05) is 34.7 Å². The van der Waals surface area contributed by atoms with E-state index in [4.69, 9.17) is 4.42 Å². The summed E-state index contributed by atoms with van der Waals surface area (Å²) in [7, 11) is 4.06. The lowest BCUT2D eigenvalue weighted by molar-refractivity contribution is -0.127. The van der Waals surface area contributed by atoms with E-state index in [1.54, 1.807) is 23.5 Å². The third kappa shape index (κ3) is 5.78. The van der Waals surface area contributed by atoms with E-state index in [1.807, 2.05) is 61.7 Å². The van der Waals surface area contributed by atoms with E-state index in [-0.39, 0.29) is 11.3 Å². The fourth-order valence-corrected chi connectivity index (χ4v) is 6.01. The smallest absolute Gasteiger partial charge is 0.233 e. The Labute approximate surface area is 206 Å². The van der Waals surface area contributed by atoms with Gasteiger partial charge in [0.2, 0.25) is 5.91 Å². The molecule has 0 radical (unpaired) electrons. The van der Waals surface area contributed by atoms with Crippen LogP contribution in [0.1, 0.15) is 22.5 Å². The van der Waals surface area contributed by atoms with Crippen LogP contribution in [0.25, 0.3) is 11.1 Å². The summed E-state index contributed by atoms with van der Waals surface area (Å²) in [4.78, 5) is 21.1. The molecule has 1 amide bonds. The summed E-state index contributed by atoms with van der Waals surface area (Å²) >= 11 is 6.98. The quantitative estimate of drug-likeness (QED) is 0.331. The number of rotatable bonds is 9. The van der Waals surface area contributed by atoms with Crippen LogP contribution in [0.4, 0.5) is 0 Å². The number of pyridine rings is 1. The van der Waals surface area contributed by atoms with Crippen LogP contribution in [0.15, 0.2) is 63.7 Å². The van der Waals surface area contributed by atoms with Crippen molar-refractivity contribution in [3.8, 4) is 11.1 Å².